The predicted octanol–water partition coefficient (Wildman–Crippen LogP) is 6.52. The monoisotopic (exact) mass is 899 g/mol. The van der Waals surface area contributed by atoms with Crippen molar-refractivity contribution in [3.63, 3.8) is 0 Å². The fourth-order valence-corrected chi connectivity index (χ4v) is 6.12. The molecule has 1 aliphatic heterocycles. The van der Waals surface area contributed by atoms with Crippen LogP contribution in [-0.4, -0.2) is 85.9 Å². The van der Waals surface area contributed by atoms with E-state index in [1.165, 1.54) is 51.9 Å². The molecule has 4 aromatic heterocycles. The summed E-state index contributed by atoms with van der Waals surface area (Å²) in [5, 5.41) is 0. The molecule has 5 heterocycles. The van der Waals surface area contributed by atoms with E-state index in [0.717, 1.165) is 9.80 Å². The van der Waals surface area contributed by atoms with Gasteiger partial charge in [-0.15, -0.1) is 0 Å². The fraction of sp³-hybridized carbons (Fsp3) is 0.368. The molecule has 298 valence electrons. The standard InChI is InChI=1S/C21H25BrN4O5.C17H18BrN3O4/c1-21(2,3)31-20(29)26(16-11-15(22)13-24(4)19(16)28)17-6-5-14(12-23-17)18(27)25-7-9-30-10-8-25;1-17(2,3)25-16(24)21(14-6-5-11(10-22)8-19-14)13-7-12(18)9-20(4)15(13)23/h5-6,11-13H,7-10H2,1-4H3;5-10H,1-4H3. The molecule has 0 unspecified atom stereocenters. The van der Waals surface area contributed by atoms with E-state index >= 15 is 0 Å². The van der Waals surface area contributed by atoms with E-state index in [1.807, 2.05) is 0 Å². The molecule has 1 aliphatic rings. The Morgan fingerprint density at radius 1 is 0.750 bits per heavy atom. The SMILES string of the molecule is Cn1cc(Br)cc(N(C(=O)OC(C)(C)C)c2ccc(C(=O)N3CCOCC3)cn2)c1=O.Cn1cc(Br)cc(N(C(=O)OC(C)(C)C)c2ccc(C=O)cn2)c1=O. The van der Waals surface area contributed by atoms with Gasteiger partial charge in [0.25, 0.3) is 17.0 Å². The van der Waals surface area contributed by atoms with Gasteiger partial charge in [0, 0.05) is 66.5 Å². The Morgan fingerprint density at radius 3 is 1.57 bits per heavy atom. The van der Waals surface area contributed by atoms with Crippen LogP contribution in [0.3, 0.4) is 0 Å². The first-order chi connectivity index (χ1) is 26.2. The summed E-state index contributed by atoms with van der Waals surface area (Å²) in [7, 11) is 3.16. The molecule has 0 radical (unpaired) electrons. The molecule has 5 rings (SSSR count). The number of carbonyl (C=O) groups excluding carboxylic acids is 4. The van der Waals surface area contributed by atoms with Crippen molar-refractivity contribution < 1.29 is 33.4 Å². The molecule has 0 aliphatic carbocycles. The first-order valence-electron chi connectivity index (χ1n) is 17.2. The topological polar surface area (TPSA) is 175 Å². The van der Waals surface area contributed by atoms with E-state index in [0.29, 0.717) is 52.7 Å². The molecule has 0 saturated carbocycles. The molecule has 0 N–H and O–H groups in total. The second-order valence-corrected chi connectivity index (χ2v) is 16.3. The molecule has 16 nitrogen and oxygen atoms in total. The highest BCUT2D eigenvalue weighted by Crippen LogP contribution is 2.28. The third-order valence-corrected chi connectivity index (χ3v) is 8.42. The number of pyridine rings is 4. The van der Waals surface area contributed by atoms with Gasteiger partial charge in [0.1, 0.15) is 34.2 Å². The summed E-state index contributed by atoms with van der Waals surface area (Å²) in [5.74, 6) is 0.183. The van der Waals surface area contributed by atoms with Crippen molar-refractivity contribution >= 4 is 79.3 Å². The number of carbonyl (C=O) groups is 4. The number of amides is 3. The summed E-state index contributed by atoms with van der Waals surface area (Å²) >= 11 is 6.67. The van der Waals surface area contributed by atoms with Gasteiger partial charge in [-0.05, 0) is 110 Å². The van der Waals surface area contributed by atoms with E-state index in [4.69, 9.17) is 14.2 Å². The van der Waals surface area contributed by atoms with Gasteiger partial charge in [0.05, 0.1) is 18.8 Å². The Hall–Kier alpha value is -5.20. The lowest BCUT2D eigenvalue weighted by molar-refractivity contribution is 0.0302. The van der Waals surface area contributed by atoms with Crippen molar-refractivity contribution in [1.82, 2.24) is 24.0 Å². The van der Waals surface area contributed by atoms with E-state index in [-0.39, 0.29) is 28.9 Å². The molecule has 0 bridgehead atoms. The Morgan fingerprint density at radius 2 is 1.20 bits per heavy atom. The van der Waals surface area contributed by atoms with E-state index in [9.17, 15) is 28.8 Å². The molecule has 56 heavy (non-hydrogen) atoms. The zero-order valence-electron chi connectivity index (χ0n) is 32.2. The normalized spacial score (nSPS) is 12.9. The summed E-state index contributed by atoms with van der Waals surface area (Å²) in [5.41, 5.74) is -1.43. The van der Waals surface area contributed by atoms with Gasteiger partial charge in [0.15, 0.2) is 6.29 Å². The quantitative estimate of drug-likeness (QED) is 0.193. The minimum absolute atomic E-state index is 0.0749. The number of aldehydes is 1. The van der Waals surface area contributed by atoms with Crippen molar-refractivity contribution in [2.75, 3.05) is 36.1 Å². The maximum absolute atomic E-state index is 13.0. The molecule has 1 fully saturated rings. The van der Waals surface area contributed by atoms with Crippen molar-refractivity contribution in [2.24, 2.45) is 14.1 Å². The summed E-state index contributed by atoms with van der Waals surface area (Å²) in [6, 6.07) is 9.14. The van der Waals surface area contributed by atoms with E-state index in [1.54, 1.807) is 79.0 Å². The molecule has 0 atom stereocenters. The van der Waals surface area contributed by atoms with Crippen LogP contribution < -0.4 is 20.9 Å². The molecule has 18 heteroatoms. The van der Waals surface area contributed by atoms with E-state index in [2.05, 4.69) is 41.8 Å². The molecule has 0 spiro atoms. The second-order valence-electron chi connectivity index (χ2n) is 14.4. The number of hydrogen-bond donors (Lipinski definition) is 0. The van der Waals surface area contributed by atoms with Crippen molar-refractivity contribution in [3.8, 4) is 0 Å². The van der Waals surface area contributed by atoms with Gasteiger partial charge >= 0.3 is 12.2 Å². The Balaban J connectivity index is 0.000000255. The van der Waals surface area contributed by atoms with Crippen LogP contribution in [0.25, 0.3) is 0 Å². The summed E-state index contributed by atoms with van der Waals surface area (Å²) in [6.45, 7) is 12.4. The number of halogens is 2. The number of anilines is 4. The maximum Gasteiger partial charge on any atom is 0.420 e. The lowest BCUT2D eigenvalue weighted by Crippen LogP contribution is -2.40. The van der Waals surface area contributed by atoms with Gasteiger partial charge < -0.3 is 28.2 Å². The second kappa shape index (κ2) is 18.2. The Kier molecular flexibility index (Phi) is 14.1. The maximum atomic E-state index is 13.0. The molecule has 3 amide bonds. The van der Waals surface area contributed by atoms with Crippen LogP contribution in [-0.2, 0) is 28.3 Å². The lowest BCUT2D eigenvalue weighted by atomic mass is 10.2. The van der Waals surface area contributed by atoms with Gasteiger partial charge in [0.2, 0.25) is 0 Å². The Labute approximate surface area is 340 Å². The minimum atomic E-state index is -0.779. The average Bonchev–Trinajstić information content (AvgIpc) is 3.12. The number of ether oxygens (including phenoxy) is 3. The first-order valence-corrected chi connectivity index (χ1v) is 18.8. The predicted molar refractivity (Wildman–Crippen MR) is 216 cm³/mol. The number of morpholine rings is 1. The molecule has 4 aromatic rings. The first kappa shape index (κ1) is 43.5. The Bertz CT molecular complexity index is 2190. The minimum Gasteiger partial charge on any atom is -0.443 e. The highest BCUT2D eigenvalue weighted by atomic mass is 79.9. The lowest BCUT2D eigenvalue weighted by Gasteiger charge is -2.28. The van der Waals surface area contributed by atoms with Gasteiger partial charge in [-0.2, -0.15) is 0 Å². The largest absolute Gasteiger partial charge is 0.443 e. The molecular weight excluding hydrogens is 858 g/mol. The summed E-state index contributed by atoms with van der Waals surface area (Å²) in [6.07, 6.45) is 5.05. The summed E-state index contributed by atoms with van der Waals surface area (Å²) < 4.78 is 20.1. The molecular formula is C38H43Br2N7O9. The number of rotatable bonds is 6. The summed E-state index contributed by atoms with van der Waals surface area (Å²) in [4.78, 5) is 86.9. The van der Waals surface area contributed by atoms with Gasteiger partial charge in [-0.25, -0.2) is 29.4 Å². The van der Waals surface area contributed by atoms with Crippen LogP contribution in [0.1, 0.15) is 62.3 Å². The average molecular weight is 902 g/mol. The van der Waals surface area contributed by atoms with Crippen LogP contribution in [0.4, 0.5) is 32.6 Å². The number of hydrogen-bond acceptors (Lipinski definition) is 11. The molecule has 0 aromatic carbocycles. The van der Waals surface area contributed by atoms with Crippen LogP contribution in [0.5, 0.6) is 0 Å². The van der Waals surface area contributed by atoms with Gasteiger partial charge in [-0.1, -0.05) is 0 Å². The van der Waals surface area contributed by atoms with Crippen LogP contribution >= 0.6 is 31.9 Å². The zero-order valence-corrected chi connectivity index (χ0v) is 35.4. The number of nitrogens with zero attached hydrogens (tertiary/aromatic N) is 7. The third kappa shape index (κ3) is 11.4. The number of aryl methyl sites for hydroxylation is 2. The smallest absolute Gasteiger partial charge is 0.420 e. The van der Waals surface area contributed by atoms with Gasteiger partial charge in [-0.3, -0.25) is 19.2 Å². The van der Waals surface area contributed by atoms with Crippen molar-refractivity contribution in [2.45, 2.75) is 52.7 Å². The highest BCUT2D eigenvalue weighted by Gasteiger charge is 2.30. The van der Waals surface area contributed by atoms with Crippen LogP contribution in [0, 0.1) is 0 Å². The van der Waals surface area contributed by atoms with Crippen LogP contribution in [0.15, 0.2) is 79.7 Å². The van der Waals surface area contributed by atoms with Crippen molar-refractivity contribution in [1.29, 1.82) is 0 Å². The third-order valence-electron chi connectivity index (χ3n) is 7.55. The zero-order chi connectivity index (χ0) is 41.5. The van der Waals surface area contributed by atoms with E-state index < -0.39 is 34.5 Å². The number of aromatic nitrogens is 4. The molecule has 1 saturated heterocycles. The van der Waals surface area contributed by atoms with Crippen LogP contribution in [0.2, 0.25) is 0 Å². The fourth-order valence-electron chi connectivity index (χ4n) is 5.07. The van der Waals surface area contributed by atoms with Crippen molar-refractivity contribution in [3.05, 3.63) is 102 Å². The highest BCUT2D eigenvalue weighted by molar-refractivity contribution is 9.10.